The Morgan fingerprint density at radius 1 is 0.969 bits per heavy atom. The van der Waals surface area contributed by atoms with E-state index in [1.807, 2.05) is 42.5 Å². The number of aromatic nitrogens is 2. The first-order valence-corrected chi connectivity index (χ1v) is 11.7. The minimum Gasteiger partial charge on any atom is -0.395 e. The predicted octanol–water partition coefficient (Wildman–Crippen LogP) is 4.27. The zero-order valence-electron chi connectivity index (χ0n) is 17.2. The minimum absolute atomic E-state index is 0.0569. The molecule has 0 aliphatic rings. The number of nitrogens with zero attached hydrogens (tertiary/aromatic N) is 2. The lowest BCUT2D eigenvalue weighted by molar-refractivity contribution is 0.301. The SMILES string of the molecule is Cc1ccc(-c2nnc(Nc3cccc(Cl)c3)c3ccccc23)cc1S(=O)(=O)NCCO. The molecule has 9 heteroatoms. The van der Waals surface area contributed by atoms with Gasteiger partial charge < -0.3 is 10.4 Å². The number of fused-ring (bicyclic) bond motifs is 1. The second-order valence-corrected chi connectivity index (χ2v) is 9.35. The van der Waals surface area contributed by atoms with E-state index in [0.717, 1.165) is 16.5 Å². The van der Waals surface area contributed by atoms with Gasteiger partial charge in [-0.15, -0.1) is 10.2 Å². The second-order valence-electron chi connectivity index (χ2n) is 7.18. The van der Waals surface area contributed by atoms with Crippen LogP contribution in [0, 0.1) is 6.92 Å². The molecule has 4 aromatic rings. The number of aliphatic hydroxyl groups is 1. The summed E-state index contributed by atoms with van der Waals surface area (Å²) < 4.78 is 27.7. The summed E-state index contributed by atoms with van der Waals surface area (Å²) >= 11 is 6.09. The fourth-order valence-corrected chi connectivity index (χ4v) is 4.89. The van der Waals surface area contributed by atoms with Gasteiger partial charge in [-0.2, -0.15) is 0 Å². The zero-order valence-corrected chi connectivity index (χ0v) is 18.8. The smallest absolute Gasteiger partial charge is 0.240 e. The molecule has 0 fully saturated rings. The maximum Gasteiger partial charge on any atom is 0.240 e. The van der Waals surface area contributed by atoms with Gasteiger partial charge in [-0.3, -0.25) is 0 Å². The van der Waals surface area contributed by atoms with Crippen molar-refractivity contribution >= 4 is 43.9 Å². The van der Waals surface area contributed by atoms with Crippen molar-refractivity contribution in [3.8, 4) is 11.3 Å². The summed E-state index contributed by atoms with van der Waals surface area (Å²) in [7, 11) is -3.77. The highest BCUT2D eigenvalue weighted by Gasteiger charge is 2.19. The lowest BCUT2D eigenvalue weighted by atomic mass is 10.0. The van der Waals surface area contributed by atoms with Crippen LogP contribution in [0.1, 0.15) is 5.56 Å². The van der Waals surface area contributed by atoms with Gasteiger partial charge in [0.2, 0.25) is 10.0 Å². The molecule has 0 aliphatic carbocycles. The van der Waals surface area contributed by atoms with Crippen molar-refractivity contribution in [2.75, 3.05) is 18.5 Å². The summed E-state index contributed by atoms with van der Waals surface area (Å²) in [5.74, 6) is 0.566. The van der Waals surface area contributed by atoms with Gasteiger partial charge in [0.25, 0.3) is 0 Å². The van der Waals surface area contributed by atoms with E-state index in [1.165, 1.54) is 0 Å². The maximum absolute atomic E-state index is 12.7. The number of anilines is 2. The van der Waals surface area contributed by atoms with Gasteiger partial charge in [0.05, 0.1) is 11.5 Å². The van der Waals surface area contributed by atoms with E-state index in [4.69, 9.17) is 16.7 Å². The number of aryl methyl sites for hydroxylation is 1. The van der Waals surface area contributed by atoms with Crippen molar-refractivity contribution in [2.45, 2.75) is 11.8 Å². The molecule has 0 saturated heterocycles. The van der Waals surface area contributed by atoms with Crippen LogP contribution in [0.2, 0.25) is 5.02 Å². The highest BCUT2D eigenvalue weighted by Crippen LogP contribution is 2.33. The number of nitrogens with one attached hydrogen (secondary N) is 2. The molecule has 1 heterocycles. The molecule has 0 spiro atoms. The molecule has 0 aliphatic heterocycles. The van der Waals surface area contributed by atoms with E-state index >= 15 is 0 Å². The van der Waals surface area contributed by atoms with Crippen molar-refractivity contribution in [3.05, 3.63) is 77.3 Å². The number of aliphatic hydroxyl groups excluding tert-OH is 1. The molecule has 7 nitrogen and oxygen atoms in total. The Labute approximate surface area is 191 Å². The third kappa shape index (κ3) is 4.58. The second kappa shape index (κ2) is 9.22. The summed E-state index contributed by atoms with van der Waals surface area (Å²) in [6.07, 6.45) is 0. The molecule has 0 radical (unpaired) electrons. The maximum atomic E-state index is 12.7. The van der Waals surface area contributed by atoms with Gasteiger partial charge in [-0.1, -0.05) is 54.1 Å². The van der Waals surface area contributed by atoms with E-state index in [9.17, 15) is 8.42 Å². The fraction of sp³-hybridized carbons (Fsp3) is 0.130. The van der Waals surface area contributed by atoms with Crippen molar-refractivity contribution < 1.29 is 13.5 Å². The summed E-state index contributed by atoms with van der Waals surface area (Å²) in [4.78, 5) is 0.135. The van der Waals surface area contributed by atoms with E-state index in [2.05, 4.69) is 20.2 Å². The van der Waals surface area contributed by atoms with Gasteiger partial charge in [0.1, 0.15) is 5.69 Å². The molecule has 0 bridgehead atoms. The van der Waals surface area contributed by atoms with E-state index < -0.39 is 10.0 Å². The van der Waals surface area contributed by atoms with Gasteiger partial charge >= 0.3 is 0 Å². The Morgan fingerprint density at radius 2 is 1.75 bits per heavy atom. The molecular formula is C23H21ClN4O3S. The molecular weight excluding hydrogens is 448 g/mol. The van der Waals surface area contributed by atoms with Crippen LogP contribution in [0.25, 0.3) is 22.0 Å². The molecule has 1 aromatic heterocycles. The van der Waals surface area contributed by atoms with Crippen molar-refractivity contribution in [1.82, 2.24) is 14.9 Å². The zero-order chi connectivity index (χ0) is 22.7. The van der Waals surface area contributed by atoms with Crippen LogP contribution in [0.5, 0.6) is 0 Å². The first kappa shape index (κ1) is 22.2. The van der Waals surface area contributed by atoms with Crippen molar-refractivity contribution in [3.63, 3.8) is 0 Å². The Bertz CT molecular complexity index is 1390. The number of hydrogen-bond donors (Lipinski definition) is 3. The molecule has 0 atom stereocenters. The number of halogens is 1. The van der Waals surface area contributed by atoms with Gasteiger partial charge in [-0.25, -0.2) is 13.1 Å². The van der Waals surface area contributed by atoms with Crippen LogP contribution in [0.3, 0.4) is 0 Å². The van der Waals surface area contributed by atoms with Crippen LogP contribution >= 0.6 is 11.6 Å². The van der Waals surface area contributed by atoms with Gasteiger partial charge in [0.15, 0.2) is 5.82 Å². The standard InChI is InChI=1S/C23H21ClN4O3S/c1-15-9-10-16(13-21(15)32(30,31)25-11-12-29)22-19-7-2-3-8-20(19)23(28-27-22)26-18-6-4-5-17(24)14-18/h2-10,13-14,25,29H,11-12H2,1H3,(H,26,28). The molecule has 0 unspecified atom stereocenters. The van der Waals surface area contributed by atoms with Crippen LogP contribution < -0.4 is 10.0 Å². The lowest BCUT2D eigenvalue weighted by Gasteiger charge is -2.13. The van der Waals surface area contributed by atoms with Crippen LogP contribution in [-0.4, -0.2) is 36.9 Å². The Kier molecular flexibility index (Phi) is 6.38. The van der Waals surface area contributed by atoms with Crippen LogP contribution in [0.15, 0.2) is 71.6 Å². The first-order chi connectivity index (χ1) is 15.4. The van der Waals surface area contributed by atoms with Crippen molar-refractivity contribution in [2.24, 2.45) is 0 Å². The quantitative estimate of drug-likeness (QED) is 0.374. The van der Waals surface area contributed by atoms with Crippen LogP contribution in [0.4, 0.5) is 11.5 Å². The normalized spacial score (nSPS) is 11.6. The third-order valence-electron chi connectivity index (χ3n) is 4.93. The number of benzene rings is 3. The predicted molar refractivity (Wildman–Crippen MR) is 127 cm³/mol. The number of sulfonamides is 1. The van der Waals surface area contributed by atoms with Gasteiger partial charge in [-0.05, 0) is 36.8 Å². The van der Waals surface area contributed by atoms with E-state index in [0.29, 0.717) is 27.7 Å². The van der Waals surface area contributed by atoms with E-state index in [-0.39, 0.29) is 18.0 Å². The topological polar surface area (TPSA) is 104 Å². The van der Waals surface area contributed by atoms with Crippen molar-refractivity contribution in [1.29, 1.82) is 0 Å². The minimum atomic E-state index is -3.77. The lowest BCUT2D eigenvalue weighted by Crippen LogP contribution is -2.27. The summed E-state index contributed by atoms with van der Waals surface area (Å²) in [6.45, 7) is 1.38. The first-order valence-electron chi connectivity index (χ1n) is 9.88. The summed E-state index contributed by atoms with van der Waals surface area (Å²) in [5.41, 5.74) is 2.56. The summed E-state index contributed by atoms with van der Waals surface area (Å²) in [6, 6.07) is 20.1. The van der Waals surface area contributed by atoms with Gasteiger partial charge in [0, 0.05) is 33.6 Å². The Balaban J connectivity index is 1.80. The Morgan fingerprint density at radius 3 is 2.50 bits per heavy atom. The summed E-state index contributed by atoms with van der Waals surface area (Å²) in [5, 5.41) is 23.3. The molecule has 0 saturated carbocycles. The van der Waals surface area contributed by atoms with Crippen LogP contribution in [-0.2, 0) is 10.0 Å². The molecule has 3 N–H and O–H groups in total. The largest absolute Gasteiger partial charge is 0.395 e. The monoisotopic (exact) mass is 468 g/mol. The third-order valence-corrected chi connectivity index (χ3v) is 6.77. The average Bonchev–Trinajstić information content (AvgIpc) is 2.78. The highest BCUT2D eigenvalue weighted by molar-refractivity contribution is 7.89. The highest BCUT2D eigenvalue weighted by atomic mass is 35.5. The van der Waals surface area contributed by atoms with E-state index in [1.54, 1.807) is 31.2 Å². The molecule has 32 heavy (non-hydrogen) atoms. The fourth-order valence-electron chi connectivity index (χ4n) is 3.41. The average molecular weight is 469 g/mol. The molecule has 164 valence electrons. The number of hydrogen-bond acceptors (Lipinski definition) is 6. The molecule has 0 amide bonds. The molecule has 4 rings (SSSR count). The molecule has 3 aromatic carbocycles. The number of rotatable bonds is 7. The Hall–Kier alpha value is -3.04.